The van der Waals surface area contributed by atoms with E-state index in [9.17, 15) is 9.18 Å². The van der Waals surface area contributed by atoms with E-state index < -0.39 is 0 Å². The smallest absolute Gasteiger partial charge is 0.269 e. The van der Waals surface area contributed by atoms with Crippen LogP contribution in [0.4, 0.5) is 4.39 Å². The molecule has 1 aromatic carbocycles. The molecule has 1 aliphatic rings. The van der Waals surface area contributed by atoms with Crippen molar-refractivity contribution in [2.24, 2.45) is 7.05 Å². The Labute approximate surface area is 147 Å². The standard InChI is InChI=1S/C19H24FN3O2/c1-13(2)16-10-17(23(3)22-16)18(24)21-11-19(8-9-25-12-19)14-4-6-15(20)7-5-14/h4-7,10,13H,8-9,11-12H2,1-3H3,(H,21,24)/t19-/m0/s1. The summed E-state index contributed by atoms with van der Waals surface area (Å²) in [6.45, 7) is 5.69. The molecule has 1 N–H and O–H groups in total. The molecule has 1 saturated heterocycles. The normalized spacial score (nSPS) is 20.2. The Kier molecular flexibility index (Phi) is 4.90. The Morgan fingerprint density at radius 3 is 2.68 bits per heavy atom. The highest BCUT2D eigenvalue weighted by atomic mass is 19.1. The maximum atomic E-state index is 13.2. The molecule has 3 rings (SSSR count). The fourth-order valence-corrected chi connectivity index (χ4v) is 3.20. The Morgan fingerprint density at radius 1 is 1.40 bits per heavy atom. The molecule has 0 bridgehead atoms. The number of carbonyl (C=O) groups is 1. The minimum atomic E-state index is -0.317. The van der Waals surface area contributed by atoms with E-state index in [-0.39, 0.29) is 23.1 Å². The molecule has 1 atom stereocenters. The Balaban J connectivity index is 1.76. The van der Waals surface area contributed by atoms with Crippen LogP contribution in [0.1, 0.15) is 47.9 Å². The van der Waals surface area contributed by atoms with Crippen LogP contribution in [0.15, 0.2) is 30.3 Å². The largest absolute Gasteiger partial charge is 0.380 e. The van der Waals surface area contributed by atoms with E-state index in [2.05, 4.69) is 10.4 Å². The number of amides is 1. The van der Waals surface area contributed by atoms with Crippen LogP contribution >= 0.6 is 0 Å². The van der Waals surface area contributed by atoms with Gasteiger partial charge in [-0.15, -0.1) is 0 Å². The van der Waals surface area contributed by atoms with Crippen molar-refractivity contribution in [3.63, 3.8) is 0 Å². The SMILES string of the molecule is CC(C)c1cc(C(=O)NC[C@@]2(c3ccc(F)cc3)CCOC2)n(C)n1. The Bertz CT molecular complexity index is 747. The van der Waals surface area contributed by atoms with Crippen molar-refractivity contribution in [2.45, 2.75) is 31.6 Å². The van der Waals surface area contributed by atoms with Crippen molar-refractivity contribution in [3.8, 4) is 0 Å². The maximum Gasteiger partial charge on any atom is 0.269 e. The number of hydrogen-bond donors (Lipinski definition) is 1. The van der Waals surface area contributed by atoms with Crippen LogP contribution in [-0.4, -0.2) is 35.4 Å². The van der Waals surface area contributed by atoms with Gasteiger partial charge in [-0.1, -0.05) is 26.0 Å². The van der Waals surface area contributed by atoms with E-state index in [1.165, 1.54) is 12.1 Å². The van der Waals surface area contributed by atoms with Crippen molar-refractivity contribution in [1.82, 2.24) is 15.1 Å². The van der Waals surface area contributed by atoms with Gasteiger partial charge in [-0.2, -0.15) is 5.10 Å². The van der Waals surface area contributed by atoms with Crippen molar-refractivity contribution in [2.75, 3.05) is 19.8 Å². The third-order valence-electron chi connectivity index (χ3n) is 4.87. The second-order valence-corrected chi connectivity index (χ2v) is 7.01. The van der Waals surface area contributed by atoms with Gasteiger partial charge in [-0.25, -0.2) is 4.39 Å². The minimum absolute atomic E-state index is 0.157. The monoisotopic (exact) mass is 345 g/mol. The first-order chi connectivity index (χ1) is 11.9. The van der Waals surface area contributed by atoms with Crippen LogP contribution in [0.3, 0.4) is 0 Å². The molecule has 1 aromatic heterocycles. The number of carbonyl (C=O) groups excluding carboxylic acids is 1. The fourth-order valence-electron chi connectivity index (χ4n) is 3.20. The molecule has 2 heterocycles. The second kappa shape index (κ2) is 6.96. The molecular weight excluding hydrogens is 321 g/mol. The maximum absolute atomic E-state index is 13.2. The predicted octanol–water partition coefficient (Wildman–Crippen LogP) is 2.77. The molecule has 1 aliphatic heterocycles. The number of aryl methyl sites for hydroxylation is 1. The van der Waals surface area contributed by atoms with Crippen molar-refractivity contribution >= 4 is 5.91 Å². The lowest BCUT2D eigenvalue weighted by Crippen LogP contribution is -2.41. The molecule has 0 unspecified atom stereocenters. The number of hydrogen-bond acceptors (Lipinski definition) is 3. The van der Waals surface area contributed by atoms with Crippen LogP contribution < -0.4 is 5.32 Å². The number of nitrogens with one attached hydrogen (secondary N) is 1. The summed E-state index contributed by atoms with van der Waals surface area (Å²) in [5, 5.41) is 7.40. The lowest BCUT2D eigenvalue weighted by atomic mass is 9.79. The van der Waals surface area contributed by atoms with Crippen molar-refractivity contribution < 1.29 is 13.9 Å². The molecule has 6 heteroatoms. The van der Waals surface area contributed by atoms with Gasteiger partial charge >= 0.3 is 0 Å². The third-order valence-corrected chi connectivity index (χ3v) is 4.87. The van der Waals surface area contributed by atoms with E-state index in [1.807, 2.05) is 19.9 Å². The third kappa shape index (κ3) is 3.58. The summed E-state index contributed by atoms with van der Waals surface area (Å²) in [7, 11) is 1.77. The predicted molar refractivity (Wildman–Crippen MR) is 93.1 cm³/mol. The first kappa shape index (κ1) is 17.6. The van der Waals surface area contributed by atoms with E-state index in [0.717, 1.165) is 17.7 Å². The highest BCUT2D eigenvalue weighted by molar-refractivity contribution is 5.92. The van der Waals surface area contributed by atoms with Gasteiger partial charge in [0.2, 0.25) is 0 Å². The van der Waals surface area contributed by atoms with Gasteiger partial charge < -0.3 is 10.1 Å². The summed E-state index contributed by atoms with van der Waals surface area (Å²) in [6, 6.07) is 8.28. The lowest BCUT2D eigenvalue weighted by molar-refractivity contribution is 0.0929. The molecule has 5 nitrogen and oxygen atoms in total. The van der Waals surface area contributed by atoms with Crippen LogP contribution in [0.5, 0.6) is 0 Å². The zero-order valence-electron chi connectivity index (χ0n) is 14.9. The lowest BCUT2D eigenvalue weighted by Gasteiger charge is -2.28. The Hall–Kier alpha value is -2.21. The average molecular weight is 345 g/mol. The average Bonchev–Trinajstić information content (AvgIpc) is 3.21. The molecule has 134 valence electrons. The van der Waals surface area contributed by atoms with Crippen LogP contribution in [0, 0.1) is 5.82 Å². The Morgan fingerprint density at radius 2 is 2.12 bits per heavy atom. The van der Waals surface area contributed by atoms with Gasteiger partial charge in [0.1, 0.15) is 11.5 Å². The molecule has 25 heavy (non-hydrogen) atoms. The quantitative estimate of drug-likeness (QED) is 0.907. The second-order valence-electron chi connectivity index (χ2n) is 7.01. The molecule has 0 spiro atoms. The van der Waals surface area contributed by atoms with Crippen LogP contribution in [-0.2, 0) is 17.2 Å². The molecule has 2 aromatic rings. The summed E-state index contributed by atoms with van der Waals surface area (Å²) in [6.07, 6.45) is 0.793. The van der Waals surface area contributed by atoms with E-state index in [4.69, 9.17) is 4.74 Å². The van der Waals surface area contributed by atoms with E-state index >= 15 is 0 Å². The van der Waals surface area contributed by atoms with Crippen molar-refractivity contribution in [1.29, 1.82) is 0 Å². The van der Waals surface area contributed by atoms with Crippen LogP contribution in [0.25, 0.3) is 0 Å². The molecule has 0 saturated carbocycles. The molecule has 0 radical (unpaired) electrons. The van der Waals surface area contributed by atoms with E-state index in [1.54, 1.807) is 23.9 Å². The van der Waals surface area contributed by atoms with Gasteiger partial charge in [0.25, 0.3) is 5.91 Å². The summed E-state index contributed by atoms with van der Waals surface area (Å²) in [4.78, 5) is 12.6. The number of nitrogens with zero attached hydrogens (tertiary/aromatic N) is 2. The van der Waals surface area contributed by atoms with Gasteiger partial charge in [0.05, 0.1) is 12.3 Å². The molecule has 1 fully saturated rings. The van der Waals surface area contributed by atoms with Gasteiger partial charge in [0.15, 0.2) is 0 Å². The number of halogens is 1. The summed E-state index contributed by atoms with van der Waals surface area (Å²) in [5.74, 6) is -0.158. The van der Waals surface area contributed by atoms with E-state index in [0.29, 0.717) is 25.5 Å². The first-order valence-corrected chi connectivity index (χ1v) is 8.57. The van der Waals surface area contributed by atoms with Gasteiger partial charge in [-0.3, -0.25) is 9.48 Å². The number of rotatable bonds is 5. The number of aromatic nitrogens is 2. The minimum Gasteiger partial charge on any atom is -0.380 e. The number of benzene rings is 1. The summed E-state index contributed by atoms with van der Waals surface area (Å²) >= 11 is 0. The summed E-state index contributed by atoms with van der Waals surface area (Å²) < 4.78 is 20.4. The zero-order chi connectivity index (χ0) is 18.0. The van der Waals surface area contributed by atoms with Gasteiger partial charge in [-0.05, 0) is 36.1 Å². The highest BCUT2D eigenvalue weighted by Crippen LogP contribution is 2.33. The fraction of sp³-hybridized carbons (Fsp3) is 0.474. The number of ether oxygens (including phenoxy) is 1. The van der Waals surface area contributed by atoms with Gasteiger partial charge in [0, 0.05) is 25.6 Å². The van der Waals surface area contributed by atoms with Crippen LogP contribution in [0.2, 0.25) is 0 Å². The highest BCUT2D eigenvalue weighted by Gasteiger charge is 2.37. The molecular formula is C19H24FN3O2. The summed E-state index contributed by atoms with van der Waals surface area (Å²) in [5.41, 5.74) is 2.10. The molecule has 0 aliphatic carbocycles. The van der Waals surface area contributed by atoms with Crippen molar-refractivity contribution in [3.05, 3.63) is 53.1 Å². The molecule has 1 amide bonds. The first-order valence-electron chi connectivity index (χ1n) is 8.57. The zero-order valence-corrected chi connectivity index (χ0v) is 14.9. The topological polar surface area (TPSA) is 56.1 Å².